The van der Waals surface area contributed by atoms with Crippen LogP contribution >= 0.6 is 0 Å². The van der Waals surface area contributed by atoms with Crippen LogP contribution in [0.1, 0.15) is 25.0 Å². The molecule has 0 spiro atoms. The van der Waals surface area contributed by atoms with Gasteiger partial charge in [-0.3, -0.25) is 4.79 Å². The van der Waals surface area contributed by atoms with Gasteiger partial charge in [-0.15, -0.1) is 0 Å². The van der Waals surface area contributed by atoms with Gasteiger partial charge in [-0.25, -0.2) is 5.43 Å². The van der Waals surface area contributed by atoms with Gasteiger partial charge in [-0.2, -0.15) is 5.10 Å². The van der Waals surface area contributed by atoms with E-state index < -0.39 is 0 Å². The average Bonchev–Trinajstić information content (AvgIpc) is 2.62. The predicted molar refractivity (Wildman–Crippen MR) is 94.7 cm³/mol. The first-order chi connectivity index (χ1) is 11.7. The van der Waals surface area contributed by atoms with Crippen LogP contribution in [0.4, 0.5) is 0 Å². The fraction of sp³-hybridized carbons (Fsp3) is 0.263. The molecule has 0 aliphatic carbocycles. The summed E-state index contributed by atoms with van der Waals surface area (Å²) in [5, 5.41) is 3.95. The maximum absolute atomic E-state index is 11.8. The van der Waals surface area contributed by atoms with Gasteiger partial charge in [0.15, 0.2) is 6.61 Å². The SMILES string of the molecule is CCOc1ccccc1/C=N/NC(=O)COc1ccccc1CC. The second-order valence-electron chi connectivity index (χ2n) is 5.01. The number of aryl methyl sites for hydroxylation is 1. The normalized spacial score (nSPS) is 10.6. The van der Waals surface area contributed by atoms with Gasteiger partial charge in [-0.1, -0.05) is 37.3 Å². The molecule has 0 bridgehead atoms. The average molecular weight is 326 g/mol. The summed E-state index contributed by atoms with van der Waals surface area (Å²) in [6.07, 6.45) is 2.41. The highest BCUT2D eigenvalue weighted by Crippen LogP contribution is 2.18. The zero-order chi connectivity index (χ0) is 17.2. The molecule has 2 rings (SSSR count). The van der Waals surface area contributed by atoms with Crippen molar-refractivity contribution in [1.29, 1.82) is 0 Å². The molecule has 0 heterocycles. The van der Waals surface area contributed by atoms with E-state index in [-0.39, 0.29) is 12.5 Å². The predicted octanol–water partition coefficient (Wildman–Crippen LogP) is 3.18. The van der Waals surface area contributed by atoms with Gasteiger partial charge >= 0.3 is 0 Å². The molecule has 0 unspecified atom stereocenters. The molecule has 0 radical (unpaired) electrons. The lowest BCUT2D eigenvalue weighted by Crippen LogP contribution is -2.24. The highest BCUT2D eigenvalue weighted by atomic mass is 16.5. The molecule has 0 aromatic heterocycles. The van der Waals surface area contributed by atoms with E-state index in [4.69, 9.17) is 9.47 Å². The zero-order valence-electron chi connectivity index (χ0n) is 14.0. The number of hydrazone groups is 1. The molecule has 0 aliphatic rings. The Labute approximate surface area is 142 Å². The number of hydrogen-bond acceptors (Lipinski definition) is 4. The first-order valence-corrected chi connectivity index (χ1v) is 7.99. The highest BCUT2D eigenvalue weighted by Gasteiger charge is 2.05. The Balaban J connectivity index is 1.87. The lowest BCUT2D eigenvalue weighted by atomic mass is 10.1. The number of ether oxygens (including phenoxy) is 2. The minimum atomic E-state index is -0.314. The number of rotatable bonds is 8. The van der Waals surface area contributed by atoms with E-state index in [1.807, 2.05) is 62.4 Å². The number of para-hydroxylation sites is 2. The minimum Gasteiger partial charge on any atom is -0.493 e. The zero-order valence-corrected chi connectivity index (χ0v) is 14.0. The number of hydrogen-bond donors (Lipinski definition) is 1. The lowest BCUT2D eigenvalue weighted by Gasteiger charge is -2.09. The summed E-state index contributed by atoms with van der Waals surface area (Å²) in [6, 6.07) is 15.2. The van der Waals surface area contributed by atoms with Gasteiger partial charge in [0.1, 0.15) is 11.5 Å². The quantitative estimate of drug-likeness (QED) is 0.599. The summed E-state index contributed by atoms with van der Waals surface area (Å²) in [7, 11) is 0. The largest absolute Gasteiger partial charge is 0.493 e. The van der Waals surface area contributed by atoms with Crippen LogP contribution in [-0.2, 0) is 11.2 Å². The molecule has 24 heavy (non-hydrogen) atoms. The van der Waals surface area contributed by atoms with Gasteiger partial charge in [0, 0.05) is 5.56 Å². The molecule has 0 atom stereocenters. The smallest absolute Gasteiger partial charge is 0.277 e. The van der Waals surface area contributed by atoms with Crippen molar-refractivity contribution >= 4 is 12.1 Å². The standard InChI is InChI=1S/C19H22N2O3/c1-3-15-9-5-7-11-17(15)24-14-19(22)21-20-13-16-10-6-8-12-18(16)23-4-2/h5-13H,3-4,14H2,1-2H3,(H,21,22)/b20-13+. The number of nitrogens with zero attached hydrogens (tertiary/aromatic N) is 1. The van der Waals surface area contributed by atoms with Gasteiger partial charge in [0.2, 0.25) is 0 Å². The fourth-order valence-electron chi connectivity index (χ4n) is 2.16. The van der Waals surface area contributed by atoms with Crippen LogP contribution in [0.25, 0.3) is 0 Å². The second-order valence-corrected chi connectivity index (χ2v) is 5.01. The molecule has 2 aromatic carbocycles. The lowest BCUT2D eigenvalue weighted by molar-refractivity contribution is -0.123. The molecule has 0 saturated heterocycles. The van der Waals surface area contributed by atoms with Crippen LogP contribution in [0.2, 0.25) is 0 Å². The Hall–Kier alpha value is -2.82. The topological polar surface area (TPSA) is 59.9 Å². The summed E-state index contributed by atoms with van der Waals surface area (Å²) in [6.45, 7) is 4.45. The summed E-state index contributed by atoms with van der Waals surface area (Å²) < 4.78 is 11.0. The molecule has 0 fully saturated rings. The van der Waals surface area contributed by atoms with E-state index in [1.165, 1.54) is 0 Å². The molecule has 0 aliphatic heterocycles. The van der Waals surface area contributed by atoms with Gasteiger partial charge < -0.3 is 9.47 Å². The van der Waals surface area contributed by atoms with E-state index in [1.54, 1.807) is 6.21 Å². The number of nitrogens with one attached hydrogen (secondary N) is 1. The van der Waals surface area contributed by atoms with Crippen LogP contribution in [0.5, 0.6) is 11.5 Å². The van der Waals surface area contributed by atoms with Crippen LogP contribution in [0.15, 0.2) is 53.6 Å². The number of carbonyl (C=O) groups is 1. The van der Waals surface area contributed by atoms with Gasteiger partial charge in [0.25, 0.3) is 5.91 Å². The maximum atomic E-state index is 11.8. The first kappa shape index (κ1) is 17.5. The first-order valence-electron chi connectivity index (χ1n) is 7.99. The molecule has 1 N–H and O–H groups in total. The van der Waals surface area contributed by atoms with E-state index >= 15 is 0 Å². The molecule has 126 valence electrons. The molecule has 5 nitrogen and oxygen atoms in total. The van der Waals surface area contributed by atoms with Crippen molar-refractivity contribution in [2.24, 2.45) is 5.10 Å². The molecular weight excluding hydrogens is 304 g/mol. The second kappa shape index (κ2) is 9.35. The number of carbonyl (C=O) groups excluding carboxylic acids is 1. The highest BCUT2D eigenvalue weighted by molar-refractivity contribution is 5.85. The van der Waals surface area contributed by atoms with Crippen LogP contribution < -0.4 is 14.9 Å². The van der Waals surface area contributed by atoms with Crippen LogP contribution in [-0.4, -0.2) is 25.3 Å². The number of amides is 1. The molecule has 5 heteroatoms. The Bertz CT molecular complexity index is 699. The van der Waals surface area contributed by atoms with Crippen LogP contribution in [0.3, 0.4) is 0 Å². The van der Waals surface area contributed by atoms with Crippen molar-refractivity contribution in [2.45, 2.75) is 20.3 Å². The Morgan fingerprint density at radius 1 is 1.04 bits per heavy atom. The third-order valence-electron chi connectivity index (χ3n) is 3.32. The van der Waals surface area contributed by atoms with Crippen molar-refractivity contribution in [3.05, 3.63) is 59.7 Å². The number of benzene rings is 2. The van der Waals surface area contributed by atoms with E-state index in [2.05, 4.69) is 10.5 Å². The van der Waals surface area contributed by atoms with Crippen molar-refractivity contribution in [3.63, 3.8) is 0 Å². The van der Waals surface area contributed by atoms with Crippen molar-refractivity contribution < 1.29 is 14.3 Å². The Kier molecular flexibility index (Phi) is 6.83. The van der Waals surface area contributed by atoms with Crippen LogP contribution in [0, 0.1) is 0 Å². The summed E-state index contributed by atoms with van der Waals surface area (Å²) in [4.78, 5) is 11.8. The Morgan fingerprint density at radius 3 is 2.50 bits per heavy atom. The summed E-state index contributed by atoms with van der Waals surface area (Å²) in [5.41, 5.74) is 4.33. The van der Waals surface area contributed by atoms with Crippen molar-refractivity contribution in [3.8, 4) is 11.5 Å². The third-order valence-corrected chi connectivity index (χ3v) is 3.32. The molecule has 1 amide bonds. The third kappa shape index (κ3) is 5.12. The van der Waals surface area contributed by atoms with E-state index in [0.717, 1.165) is 29.0 Å². The Morgan fingerprint density at radius 2 is 1.75 bits per heavy atom. The van der Waals surface area contributed by atoms with Crippen molar-refractivity contribution in [2.75, 3.05) is 13.2 Å². The summed E-state index contributed by atoms with van der Waals surface area (Å²) >= 11 is 0. The van der Waals surface area contributed by atoms with E-state index in [9.17, 15) is 4.79 Å². The molecular formula is C19H22N2O3. The monoisotopic (exact) mass is 326 g/mol. The maximum Gasteiger partial charge on any atom is 0.277 e. The molecule has 0 saturated carbocycles. The fourth-order valence-corrected chi connectivity index (χ4v) is 2.16. The van der Waals surface area contributed by atoms with Gasteiger partial charge in [-0.05, 0) is 37.1 Å². The minimum absolute atomic E-state index is 0.0819. The summed E-state index contributed by atoms with van der Waals surface area (Å²) in [5.74, 6) is 1.14. The van der Waals surface area contributed by atoms with E-state index in [0.29, 0.717) is 6.61 Å². The van der Waals surface area contributed by atoms with Gasteiger partial charge in [0.05, 0.1) is 12.8 Å². The molecule has 2 aromatic rings. The van der Waals surface area contributed by atoms with Crippen molar-refractivity contribution in [1.82, 2.24) is 5.43 Å².